The van der Waals surface area contributed by atoms with Crippen LogP contribution in [0.1, 0.15) is 43.9 Å². The summed E-state index contributed by atoms with van der Waals surface area (Å²) in [5.41, 5.74) is 1.68. The van der Waals surface area contributed by atoms with E-state index in [9.17, 15) is 21.6 Å². The molecule has 0 amide bonds. The number of halogens is 3. The largest absolute Gasteiger partial charge is 0.416 e. The minimum atomic E-state index is -4.52. The second-order valence-corrected chi connectivity index (χ2v) is 11.4. The number of likely N-dealkylation sites (N-methyl/N-ethyl adjacent to an activating group) is 1. The molecular formula is C25H27F3N2O2S. The minimum Gasteiger partial charge on any atom is -0.302 e. The van der Waals surface area contributed by atoms with E-state index in [0.29, 0.717) is 18.5 Å². The van der Waals surface area contributed by atoms with Crippen LogP contribution in [0.4, 0.5) is 13.2 Å². The molecule has 1 aromatic heterocycles. The predicted molar refractivity (Wildman–Crippen MR) is 125 cm³/mol. The van der Waals surface area contributed by atoms with Gasteiger partial charge in [0.1, 0.15) is 0 Å². The molecule has 0 atom stereocenters. The fourth-order valence-corrected chi connectivity index (χ4v) is 5.46. The fourth-order valence-electron chi connectivity index (χ4n) is 4.09. The zero-order valence-electron chi connectivity index (χ0n) is 19.1. The highest BCUT2D eigenvalue weighted by molar-refractivity contribution is 7.90. The van der Waals surface area contributed by atoms with Gasteiger partial charge in [-0.05, 0) is 60.4 Å². The smallest absolute Gasteiger partial charge is 0.302 e. The van der Waals surface area contributed by atoms with Gasteiger partial charge in [-0.3, -0.25) is 0 Å². The van der Waals surface area contributed by atoms with E-state index in [0.717, 1.165) is 33.8 Å². The van der Waals surface area contributed by atoms with Crippen LogP contribution in [0.15, 0.2) is 59.6 Å². The van der Waals surface area contributed by atoms with E-state index < -0.39 is 21.8 Å². The van der Waals surface area contributed by atoms with E-state index >= 15 is 0 Å². The molecule has 4 nitrogen and oxygen atoms in total. The molecule has 0 spiro atoms. The van der Waals surface area contributed by atoms with Crippen molar-refractivity contribution in [1.29, 1.82) is 0 Å². The van der Waals surface area contributed by atoms with Gasteiger partial charge in [0.05, 0.1) is 16.0 Å². The second kappa shape index (κ2) is 8.02. The molecule has 0 radical (unpaired) electrons. The van der Waals surface area contributed by atoms with Crippen LogP contribution < -0.4 is 0 Å². The molecule has 33 heavy (non-hydrogen) atoms. The Labute approximate surface area is 192 Å². The maximum atomic E-state index is 13.6. The first-order chi connectivity index (χ1) is 15.3. The van der Waals surface area contributed by atoms with Crippen LogP contribution in [0, 0.1) is 0 Å². The van der Waals surface area contributed by atoms with Crippen molar-refractivity contribution in [1.82, 2.24) is 8.87 Å². The van der Waals surface area contributed by atoms with E-state index in [1.54, 1.807) is 24.3 Å². The van der Waals surface area contributed by atoms with Gasteiger partial charge in [-0.1, -0.05) is 39.0 Å². The lowest BCUT2D eigenvalue weighted by molar-refractivity contribution is -0.137. The van der Waals surface area contributed by atoms with E-state index in [1.807, 2.05) is 33.9 Å². The van der Waals surface area contributed by atoms with Gasteiger partial charge >= 0.3 is 6.18 Å². The normalized spacial score (nSPS) is 16.3. The van der Waals surface area contributed by atoms with Crippen LogP contribution in [0.3, 0.4) is 0 Å². The van der Waals surface area contributed by atoms with Gasteiger partial charge in [-0.25, -0.2) is 12.4 Å². The molecule has 0 saturated carbocycles. The van der Waals surface area contributed by atoms with Crippen LogP contribution >= 0.6 is 0 Å². The van der Waals surface area contributed by atoms with Gasteiger partial charge in [0.2, 0.25) is 0 Å². The third-order valence-corrected chi connectivity index (χ3v) is 7.82. The van der Waals surface area contributed by atoms with Crippen molar-refractivity contribution in [3.63, 3.8) is 0 Å². The summed E-state index contributed by atoms with van der Waals surface area (Å²) in [6.45, 7) is 7.52. The summed E-state index contributed by atoms with van der Waals surface area (Å²) < 4.78 is 68.5. The molecule has 2 heterocycles. The number of aromatic nitrogens is 1. The molecule has 0 unspecified atom stereocenters. The molecule has 3 aromatic rings. The Hall–Kier alpha value is -2.58. The summed E-state index contributed by atoms with van der Waals surface area (Å²) in [6.07, 6.45) is -0.467. The summed E-state index contributed by atoms with van der Waals surface area (Å²) >= 11 is 0. The number of nitrogens with zero attached hydrogens (tertiary/aromatic N) is 2. The number of hydrogen-bond acceptors (Lipinski definition) is 3. The van der Waals surface area contributed by atoms with Gasteiger partial charge in [0.15, 0.2) is 0 Å². The quantitative estimate of drug-likeness (QED) is 0.472. The van der Waals surface area contributed by atoms with Gasteiger partial charge in [0.25, 0.3) is 10.0 Å². The van der Waals surface area contributed by atoms with Crippen molar-refractivity contribution in [3.8, 4) is 0 Å². The van der Waals surface area contributed by atoms with Crippen LogP contribution in [0.5, 0.6) is 0 Å². The van der Waals surface area contributed by atoms with Gasteiger partial charge < -0.3 is 4.90 Å². The van der Waals surface area contributed by atoms with Crippen molar-refractivity contribution in [2.45, 2.75) is 43.7 Å². The molecule has 2 aromatic carbocycles. The average molecular weight is 477 g/mol. The molecule has 176 valence electrons. The van der Waals surface area contributed by atoms with Gasteiger partial charge in [-0.2, -0.15) is 13.2 Å². The molecule has 0 saturated heterocycles. The lowest BCUT2D eigenvalue weighted by Gasteiger charge is -2.21. The van der Waals surface area contributed by atoms with Crippen molar-refractivity contribution < 1.29 is 21.6 Å². The Morgan fingerprint density at radius 3 is 2.12 bits per heavy atom. The van der Waals surface area contributed by atoms with E-state index in [2.05, 4.69) is 4.90 Å². The fraction of sp³-hybridized carbons (Fsp3) is 0.360. The Morgan fingerprint density at radius 2 is 1.58 bits per heavy atom. The maximum Gasteiger partial charge on any atom is 0.416 e. The first kappa shape index (κ1) is 23.6. The summed E-state index contributed by atoms with van der Waals surface area (Å²) in [4.78, 5) is 2.19. The third-order valence-electron chi connectivity index (χ3n) is 6.13. The standard InChI is InChI=1S/C25H27F3N2O2S/c1-24(2,3)18-5-8-20(9-6-18)33(31,32)30-16-22(17-11-13-29(4)14-12-17)21-15-19(25(26,27)28)7-10-23(21)30/h5-11,15-16H,12-14H2,1-4H3. The molecule has 4 rings (SSSR count). The number of benzene rings is 2. The monoisotopic (exact) mass is 476 g/mol. The molecule has 0 N–H and O–H groups in total. The number of alkyl halides is 3. The van der Waals surface area contributed by atoms with Crippen molar-refractivity contribution in [3.05, 3.63) is 71.4 Å². The lowest BCUT2D eigenvalue weighted by Crippen LogP contribution is -2.23. The van der Waals surface area contributed by atoms with Crippen LogP contribution in [-0.4, -0.2) is 37.4 Å². The van der Waals surface area contributed by atoms with Crippen molar-refractivity contribution in [2.24, 2.45) is 0 Å². The highest BCUT2D eigenvalue weighted by Crippen LogP contribution is 2.37. The molecular weight excluding hydrogens is 449 g/mol. The van der Waals surface area contributed by atoms with Crippen molar-refractivity contribution >= 4 is 26.5 Å². The molecule has 1 aliphatic rings. The Balaban J connectivity index is 1.90. The summed E-state index contributed by atoms with van der Waals surface area (Å²) in [5, 5.41) is 0.288. The maximum absolute atomic E-state index is 13.6. The van der Waals surface area contributed by atoms with Gasteiger partial charge in [-0.15, -0.1) is 0 Å². The summed E-state index contributed by atoms with van der Waals surface area (Å²) in [7, 11) is -2.04. The Bertz CT molecular complexity index is 1330. The molecule has 0 bridgehead atoms. The van der Waals surface area contributed by atoms with E-state index in [4.69, 9.17) is 0 Å². The lowest BCUT2D eigenvalue weighted by atomic mass is 9.87. The number of fused-ring (bicyclic) bond motifs is 1. The van der Waals surface area contributed by atoms with Crippen molar-refractivity contribution in [2.75, 3.05) is 20.1 Å². The number of rotatable bonds is 3. The van der Waals surface area contributed by atoms with E-state index in [-0.39, 0.29) is 21.2 Å². The molecule has 8 heteroatoms. The summed E-state index contributed by atoms with van der Waals surface area (Å²) in [5.74, 6) is 0. The van der Waals surface area contributed by atoms with Crippen LogP contribution in [-0.2, 0) is 21.6 Å². The molecule has 0 fully saturated rings. The first-order valence-corrected chi connectivity index (χ1v) is 12.2. The summed E-state index contributed by atoms with van der Waals surface area (Å²) in [6, 6.07) is 9.91. The molecule has 1 aliphatic heterocycles. The van der Waals surface area contributed by atoms with Gasteiger partial charge in [0, 0.05) is 30.2 Å². The molecule has 0 aliphatic carbocycles. The minimum absolute atomic E-state index is 0.0937. The SMILES string of the molecule is CN1CC=C(c2cn(S(=O)(=O)c3ccc(C(C)(C)C)cc3)c3ccc(C(F)(F)F)cc23)CC1. The Morgan fingerprint density at radius 1 is 0.939 bits per heavy atom. The average Bonchev–Trinajstić information content (AvgIpc) is 3.13. The topological polar surface area (TPSA) is 42.3 Å². The van der Waals surface area contributed by atoms with Crippen LogP contribution in [0.2, 0.25) is 0 Å². The van der Waals surface area contributed by atoms with Crippen LogP contribution in [0.25, 0.3) is 16.5 Å². The first-order valence-electron chi connectivity index (χ1n) is 10.7. The second-order valence-electron chi connectivity index (χ2n) is 9.59. The highest BCUT2D eigenvalue weighted by Gasteiger charge is 2.32. The predicted octanol–water partition coefficient (Wildman–Crippen LogP) is 5.91. The van der Waals surface area contributed by atoms with E-state index in [1.165, 1.54) is 12.3 Å². The zero-order valence-corrected chi connectivity index (χ0v) is 19.9. The Kier molecular flexibility index (Phi) is 5.73. The highest BCUT2D eigenvalue weighted by atomic mass is 32.2. The third kappa shape index (κ3) is 4.46. The number of hydrogen-bond donors (Lipinski definition) is 0. The zero-order chi connectivity index (χ0) is 24.2.